The van der Waals surface area contributed by atoms with Crippen molar-refractivity contribution in [3.63, 3.8) is 0 Å². The molecule has 1 saturated heterocycles. The molecule has 0 bridgehead atoms. The highest BCUT2D eigenvalue weighted by Crippen LogP contribution is 2.35. The third-order valence-electron chi connectivity index (χ3n) is 5.37. The molecule has 0 aromatic heterocycles. The molecule has 0 saturated carbocycles. The van der Waals surface area contributed by atoms with Crippen molar-refractivity contribution < 1.29 is 14.3 Å². The van der Waals surface area contributed by atoms with E-state index in [2.05, 4.69) is 5.32 Å². The van der Waals surface area contributed by atoms with Gasteiger partial charge in [0.1, 0.15) is 10.1 Å². The fraction of sp³-hybridized carbons (Fsp3) is 0.148. The molecule has 3 aromatic carbocycles. The first-order valence-corrected chi connectivity index (χ1v) is 12.0. The van der Waals surface area contributed by atoms with Gasteiger partial charge in [0, 0.05) is 11.3 Å². The Morgan fingerprint density at radius 1 is 1.00 bits per heavy atom. The highest BCUT2D eigenvalue weighted by atomic mass is 32.2. The summed E-state index contributed by atoms with van der Waals surface area (Å²) in [4.78, 5) is 27.7. The lowest BCUT2D eigenvalue weighted by molar-refractivity contribution is -0.122. The monoisotopic (exact) mass is 488 g/mol. The lowest BCUT2D eigenvalue weighted by atomic mass is 10.1. The summed E-state index contributed by atoms with van der Waals surface area (Å²) in [5.74, 6) is 0.135. The lowest BCUT2D eigenvalue weighted by Gasteiger charge is -2.14. The number of ether oxygens (including phenoxy) is 1. The van der Waals surface area contributed by atoms with Crippen molar-refractivity contribution in [1.29, 1.82) is 0 Å². The van der Waals surface area contributed by atoms with Crippen LogP contribution in [0.4, 0.5) is 5.69 Å². The predicted octanol–water partition coefficient (Wildman–Crippen LogP) is 5.72. The summed E-state index contributed by atoms with van der Waals surface area (Å²) in [6, 6.07) is 22.9. The number of benzene rings is 3. The van der Waals surface area contributed by atoms with Gasteiger partial charge in [-0.15, -0.1) is 0 Å². The van der Waals surface area contributed by atoms with Gasteiger partial charge in [0.15, 0.2) is 6.61 Å². The third-order valence-corrected chi connectivity index (χ3v) is 6.74. The number of thioether (sulfide) groups is 1. The van der Waals surface area contributed by atoms with E-state index >= 15 is 0 Å². The van der Waals surface area contributed by atoms with E-state index in [4.69, 9.17) is 17.0 Å². The van der Waals surface area contributed by atoms with Crippen LogP contribution in [-0.4, -0.2) is 27.6 Å². The molecular weight excluding hydrogens is 464 g/mol. The quantitative estimate of drug-likeness (QED) is 0.340. The van der Waals surface area contributed by atoms with E-state index in [0.717, 1.165) is 22.4 Å². The molecule has 0 atom stereocenters. The number of thiocarbonyl (C=S) groups is 1. The van der Waals surface area contributed by atoms with Crippen LogP contribution in [0.3, 0.4) is 0 Å². The number of nitrogens with zero attached hydrogens (tertiary/aromatic N) is 1. The minimum absolute atomic E-state index is 0.138. The number of hydrogen-bond donors (Lipinski definition) is 1. The maximum atomic E-state index is 13.0. The summed E-state index contributed by atoms with van der Waals surface area (Å²) in [6.07, 6.45) is 1.77. The minimum Gasteiger partial charge on any atom is -0.483 e. The number of carbonyl (C=O) groups is 2. The summed E-state index contributed by atoms with van der Waals surface area (Å²) in [5, 5.41) is 2.92. The Bertz CT molecular complexity index is 1250. The second kappa shape index (κ2) is 10.7. The topological polar surface area (TPSA) is 58.6 Å². The van der Waals surface area contributed by atoms with Gasteiger partial charge in [-0.25, -0.2) is 0 Å². The molecule has 1 heterocycles. The van der Waals surface area contributed by atoms with E-state index in [0.29, 0.717) is 27.1 Å². The van der Waals surface area contributed by atoms with Crippen molar-refractivity contribution in [3.8, 4) is 5.75 Å². The smallest absolute Gasteiger partial charge is 0.266 e. The van der Waals surface area contributed by atoms with Gasteiger partial charge in [-0.2, -0.15) is 0 Å². The molecule has 4 rings (SSSR count). The van der Waals surface area contributed by atoms with Crippen molar-refractivity contribution in [2.45, 2.75) is 20.4 Å². The standard InChI is InChI=1S/C27H24N2O3S2/c1-18-9-8-10-19(2)25(18)28-24(30)17-32-22-14-7-6-13-21(22)15-23-26(31)29(27(33)34-23)16-20-11-4-3-5-12-20/h3-15H,16-17H2,1-2H3,(H,28,30)/b23-15-. The Balaban J connectivity index is 1.45. The lowest BCUT2D eigenvalue weighted by Crippen LogP contribution is -2.27. The Labute approximate surface area is 208 Å². The van der Waals surface area contributed by atoms with E-state index in [9.17, 15) is 9.59 Å². The fourth-order valence-electron chi connectivity index (χ4n) is 3.61. The average Bonchev–Trinajstić information content (AvgIpc) is 3.09. The Morgan fingerprint density at radius 3 is 2.41 bits per heavy atom. The van der Waals surface area contributed by atoms with Crippen LogP contribution in [0, 0.1) is 13.8 Å². The van der Waals surface area contributed by atoms with E-state index in [-0.39, 0.29) is 18.4 Å². The molecule has 0 radical (unpaired) electrons. The normalized spacial score (nSPS) is 14.5. The molecule has 172 valence electrons. The molecule has 0 spiro atoms. The van der Waals surface area contributed by atoms with Gasteiger partial charge < -0.3 is 10.1 Å². The molecule has 5 nitrogen and oxygen atoms in total. The van der Waals surface area contributed by atoms with Crippen molar-refractivity contribution in [1.82, 2.24) is 4.90 Å². The highest BCUT2D eigenvalue weighted by molar-refractivity contribution is 8.26. The SMILES string of the molecule is Cc1cccc(C)c1NC(=O)COc1ccccc1/C=C1\SC(=S)N(Cc2ccccc2)C1=O. The largest absolute Gasteiger partial charge is 0.483 e. The van der Waals surface area contributed by atoms with Crippen LogP contribution in [-0.2, 0) is 16.1 Å². The van der Waals surface area contributed by atoms with Gasteiger partial charge in [-0.05, 0) is 42.7 Å². The molecule has 0 unspecified atom stereocenters. The Kier molecular flexibility index (Phi) is 7.45. The van der Waals surface area contributed by atoms with Gasteiger partial charge in [0.2, 0.25) is 0 Å². The van der Waals surface area contributed by atoms with Crippen molar-refractivity contribution in [3.05, 3.63) is 100.0 Å². The molecule has 1 fully saturated rings. The van der Waals surface area contributed by atoms with E-state index in [1.165, 1.54) is 11.8 Å². The highest BCUT2D eigenvalue weighted by Gasteiger charge is 2.32. The molecule has 1 aliphatic rings. The van der Waals surface area contributed by atoms with Gasteiger partial charge >= 0.3 is 0 Å². The zero-order chi connectivity index (χ0) is 24.1. The molecule has 3 aromatic rings. The first-order chi connectivity index (χ1) is 16.4. The number of nitrogens with one attached hydrogen (secondary N) is 1. The zero-order valence-electron chi connectivity index (χ0n) is 18.9. The maximum Gasteiger partial charge on any atom is 0.266 e. The Hall–Kier alpha value is -3.42. The summed E-state index contributed by atoms with van der Waals surface area (Å²) < 4.78 is 6.34. The van der Waals surface area contributed by atoms with Gasteiger partial charge in [-0.3, -0.25) is 14.5 Å². The first-order valence-electron chi connectivity index (χ1n) is 10.8. The van der Waals surface area contributed by atoms with Crippen LogP contribution in [0.15, 0.2) is 77.7 Å². The summed E-state index contributed by atoms with van der Waals surface area (Å²) in [6.45, 7) is 4.19. The average molecular weight is 489 g/mol. The van der Waals surface area contributed by atoms with Gasteiger partial charge in [0.25, 0.3) is 11.8 Å². The van der Waals surface area contributed by atoms with Crippen LogP contribution in [0.2, 0.25) is 0 Å². The number of amides is 2. The number of para-hydroxylation sites is 2. The van der Waals surface area contributed by atoms with Gasteiger partial charge in [-0.1, -0.05) is 90.7 Å². The molecule has 34 heavy (non-hydrogen) atoms. The van der Waals surface area contributed by atoms with Crippen LogP contribution in [0.1, 0.15) is 22.3 Å². The molecule has 1 N–H and O–H groups in total. The van der Waals surface area contributed by atoms with E-state index < -0.39 is 0 Å². The fourth-order valence-corrected chi connectivity index (χ4v) is 4.85. The summed E-state index contributed by atoms with van der Waals surface area (Å²) >= 11 is 6.72. The molecule has 0 aliphatic carbocycles. The van der Waals surface area contributed by atoms with Crippen LogP contribution in [0.5, 0.6) is 5.75 Å². The predicted molar refractivity (Wildman–Crippen MR) is 142 cm³/mol. The number of aryl methyl sites for hydroxylation is 2. The number of hydrogen-bond acceptors (Lipinski definition) is 5. The van der Waals surface area contributed by atoms with Gasteiger partial charge in [0.05, 0.1) is 11.4 Å². The van der Waals surface area contributed by atoms with E-state index in [1.807, 2.05) is 80.6 Å². The second-order valence-corrected chi connectivity index (χ2v) is 9.57. The summed E-state index contributed by atoms with van der Waals surface area (Å²) in [7, 11) is 0. The van der Waals surface area contributed by atoms with Crippen LogP contribution < -0.4 is 10.1 Å². The third kappa shape index (κ3) is 5.55. The summed E-state index contributed by atoms with van der Waals surface area (Å²) in [5.41, 5.74) is 4.50. The van der Waals surface area contributed by atoms with E-state index in [1.54, 1.807) is 17.0 Å². The molecule has 1 aliphatic heterocycles. The van der Waals surface area contributed by atoms with Crippen LogP contribution >= 0.6 is 24.0 Å². The first kappa shape index (κ1) is 23.7. The zero-order valence-corrected chi connectivity index (χ0v) is 20.5. The second-order valence-electron chi connectivity index (χ2n) is 7.89. The molecular formula is C27H24N2O3S2. The van der Waals surface area contributed by atoms with Crippen molar-refractivity contribution in [2.75, 3.05) is 11.9 Å². The number of carbonyl (C=O) groups excluding carboxylic acids is 2. The Morgan fingerprint density at radius 2 is 1.68 bits per heavy atom. The van der Waals surface area contributed by atoms with Crippen LogP contribution in [0.25, 0.3) is 6.08 Å². The minimum atomic E-state index is -0.249. The number of anilines is 1. The van der Waals surface area contributed by atoms with Crippen molar-refractivity contribution >= 4 is 51.9 Å². The molecule has 2 amide bonds. The maximum absolute atomic E-state index is 13.0. The molecule has 7 heteroatoms. The van der Waals surface area contributed by atoms with Crippen molar-refractivity contribution in [2.24, 2.45) is 0 Å². The number of rotatable bonds is 7.